The molecule has 1 aromatic carbocycles. The number of nitrogens with zero attached hydrogens (tertiary/aromatic N) is 2. The van der Waals surface area contributed by atoms with E-state index in [-0.39, 0.29) is 6.42 Å². The van der Waals surface area contributed by atoms with Crippen LogP contribution in [0.1, 0.15) is 5.56 Å². The monoisotopic (exact) mass is 271 g/mol. The Morgan fingerprint density at radius 1 is 1.15 bits per heavy atom. The molecule has 0 atom stereocenters. The highest BCUT2D eigenvalue weighted by atomic mass is 16.4. The largest absolute Gasteiger partial charge is 0.481 e. The zero-order valence-electron chi connectivity index (χ0n) is 10.6. The van der Waals surface area contributed by atoms with Crippen LogP contribution in [0.4, 0.5) is 16.3 Å². The van der Waals surface area contributed by atoms with Gasteiger partial charge in [0.15, 0.2) is 0 Å². The smallest absolute Gasteiger partial charge is 0.325 e. The van der Waals surface area contributed by atoms with Gasteiger partial charge in [0.2, 0.25) is 0 Å². The molecular formula is C14H13N3O3. The van der Waals surface area contributed by atoms with Crippen LogP contribution in [0.2, 0.25) is 0 Å². The minimum atomic E-state index is -0.908. The highest BCUT2D eigenvalue weighted by Gasteiger charge is 2.15. The Bertz CT molecular complexity index is 611. The minimum absolute atomic E-state index is 0.0690. The van der Waals surface area contributed by atoms with Gasteiger partial charge in [0.05, 0.1) is 12.1 Å². The lowest BCUT2D eigenvalue weighted by atomic mass is 10.1. The Balaban J connectivity index is 2.31. The van der Waals surface area contributed by atoms with E-state index in [4.69, 9.17) is 10.8 Å². The summed E-state index contributed by atoms with van der Waals surface area (Å²) >= 11 is 0. The lowest BCUT2D eigenvalue weighted by molar-refractivity contribution is -0.136. The lowest BCUT2D eigenvalue weighted by Gasteiger charge is -2.19. The average molecular weight is 271 g/mol. The number of carboxylic acid groups (broad SMARTS) is 1. The SMILES string of the molecule is NC(=O)N(c1ccc(CC(=O)O)cc1)c1ccccn1. The first-order valence-electron chi connectivity index (χ1n) is 5.89. The number of anilines is 2. The van der Waals surface area contributed by atoms with Gasteiger partial charge >= 0.3 is 12.0 Å². The molecule has 0 aliphatic carbocycles. The van der Waals surface area contributed by atoms with E-state index in [0.29, 0.717) is 17.1 Å². The van der Waals surface area contributed by atoms with E-state index in [1.54, 1.807) is 48.7 Å². The third kappa shape index (κ3) is 3.11. The van der Waals surface area contributed by atoms with Crippen molar-refractivity contribution in [2.24, 2.45) is 5.73 Å². The molecular weight excluding hydrogens is 258 g/mol. The highest BCUT2D eigenvalue weighted by Crippen LogP contribution is 2.23. The van der Waals surface area contributed by atoms with Gasteiger partial charge in [0.1, 0.15) is 5.82 Å². The van der Waals surface area contributed by atoms with E-state index in [2.05, 4.69) is 4.98 Å². The summed E-state index contributed by atoms with van der Waals surface area (Å²) in [5.74, 6) is -0.500. The molecule has 20 heavy (non-hydrogen) atoms. The summed E-state index contributed by atoms with van der Waals surface area (Å²) in [7, 11) is 0. The number of benzene rings is 1. The molecule has 2 amide bonds. The van der Waals surface area contributed by atoms with Crippen molar-refractivity contribution in [3.05, 3.63) is 54.2 Å². The van der Waals surface area contributed by atoms with Crippen LogP contribution in [0.25, 0.3) is 0 Å². The first kappa shape index (κ1) is 13.5. The summed E-state index contributed by atoms with van der Waals surface area (Å²) in [4.78, 5) is 27.5. The average Bonchev–Trinajstić information content (AvgIpc) is 2.41. The molecule has 0 aliphatic rings. The van der Waals surface area contributed by atoms with Crippen LogP contribution in [0.15, 0.2) is 48.7 Å². The predicted molar refractivity (Wildman–Crippen MR) is 73.7 cm³/mol. The number of carbonyl (C=O) groups excluding carboxylic acids is 1. The molecule has 0 saturated heterocycles. The van der Waals surface area contributed by atoms with Crippen LogP contribution in [0.5, 0.6) is 0 Å². The number of pyridine rings is 1. The second-order valence-electron chi connectivity index (χ2n) is 4.10. The maximum atomic E-state index is 11.6. The fourth-order valence-electron chi connectivity index (χ4n) is 1.80. The molecule has 2 rings (SSSR count). The van der Waals surface area contributed by atoms with Gasteiger partial charge in [-0.05, 0) is 29.8 Å². The Labute approximate surface area is 115 Å². The normalized spacial score (nSPS) is 10.0. The molecule has 0 aliphatic heterocycles. The summed E-state index contributed by atoms with van der Waals surface area (Å²) < 4.78 is 0. The Morgan fingerprint density at radius 2 is 1.85 bits per heavy atom. The number of rotatable bonds is 4. The number of aromatic nitrogens is 1. The Hall–Kier alpha value is -2.89. The molecule has 0 bridgehead atoms. The quantitative estimate of drug-likeness (QED) is 0.887. The van der Waals surface area contributed by atoms with Crippen LogP contribution < -0.4 is 10.6 Å². The van der Waals surface area contributed by atoms with Crippen LogP contribution >= 0.6 is 0 Å². The number of carbonyl (C=O) groups is 2. The molecule has 3 N–H and O–H groups in total. The fraction of sp³-hybridized carbons (Fsp3) is 0.0714. The number of nitrogens with two attached hydrogens (primary N) is 1. The number of primary amides is 1. The third-order valence-electron chi connectivity index (χ3n) is 2.65. The molecule has 1 aromatic heterocycles. The van der Waals surface area contributed by atoms with Crippen molar-refractivity contribution in [3.63, 3.8) is 0 Å². The van der Waals surface area contributed by atoms with Gasteiger partial charge in [-0.15, -0.1) is 0 Å². The summed E-state index contributed by atoms with van der Waals surface area (Å²) in [6.45, 7) is 0. The van der Waals surface area contributed by atoms with Crippen molar-refractivity contribution < 1.29 is 14.7 Å². The lowest BCUT2D eigenvalue weighted by Crippen LogP contribution is -2.32. The Morgan fingerprint density at radius 3 is 2.35 bits per heavy atom. The summed E-state index contributed by atoms with van der Waals surface area (Å²) in [6.07, 6.45) is 1.49. The summed E-state index contributed by atoms with van der Waals surface area (Å²) in [5, 5.41) is 8.72. The van der Waals surface area contributed by atoms with E-state index in [1.807, 2.05) is 0 Å². The first-order chi connectivity index (χ1) is 9.58. The molecule has 0 unspecified atom stereocenters. The third-order valence-corrected chi connectivity index (χ3v) is 2.65. The summed E-state index contributed by atoms with van der Waals surface area (Å²) in [5.41, 5.74) is 6.55. The highest BCUT2D eigenvalue weighted by molar-refractivity contribution is 5.97. The number of hydrogen-bond acceptors (Lipinski definition) is 3. The van der Waals surface area contributed by atoms with Crippen LogP contribution in [0, 0.1) is 0 Å². The van der Waals surface area contributed by atoms with Gasteiger partial charge in [-0.25, -0.2) is 14.7 Å². The van der Waals surface area contributed by atoms with E-state index >= 15 is 0 Å². The van der Waals surface area contributed by atoms with Gasteiger partial charge in [0, 0.05) is 6.20 Å². The summed E-state index contributed by atoms with van der Waals surface area (Å²) in [6, 6.07) is 11.0. The van der Waals surface area contributed by atoms with Gasteiger partial charge in [-0.3, -0.25) is 4.79 Å². The topological polar surface area (TPSA) is 96.5 Å². The van der Waals surface area contributed by atoms with E-state index in [0.717, 1.165) is 0 Å². The Kier molecular flexibility index (Phi) is 3.95. The molecule has 102 valence electrons. The standard InChI is InChI=1S/C14H13N3O3/c15-14(20)17(12-3-1-2-8-16-12)11-6-4-10(5-7-11)9-13(18)19/h1-8H,9H2,(H2,15,20)(H,18,19). The van der Waals surface area contributed by atoms with Crippen LogP contribution in [-0.4, -0.2) is 22.1 Å². The predicted octanol–water partition coefficient (Wildman–Crippen LogP) is 1.93. The van der Waals surface area contributed by atoms with Crippen molar-refractivity contribution in [1.29, 1.82) is 0 Å². The molecule has 1 heterocycles. The van der Waals surface area contributed by atoms with Crippen molar-refractivity contribution in [2.45, 2.75) is 6.42 Å². The number of amides is 2. The van der Waals surface area contributed by atoms with E-state index in [1.165, 1.54) is 4.90 Å². The molecule has 0 fully saturated rings. The number of carboxylic acids is 1. The molecule has 0 saturated carbocycles. The van der Waals surface area contributed by atoms with Crippen LogP contribution in [-0.2, 0) is 11.2 Å². The second kappa shape index (κ2) is 5.83. The molecule has 6 heteroatoms. The van der Waals surface area contributed by atoms with Gasteiger partial charge in [-0.2, -0.15) is 0 Å². The van der Waals surface area contributed by atoms with E-state index < -0.39 is 12.0 Å². The van der Waals surface area contributed by atoms with Crippen LogP contribution in [0.3, 0.4) is 0 Å². The maximum Gasteiger partial charge on any atom is 0.325 e. The number of aliphatic carboxylic acids is 1. The molecule has 0 spiro atoms. The zero-order valence-corrected chi connectivity index (χ0v) is 10.6. The molecule has 2 aromatic rings. The minimum Gasteiger partial charge on any atom is -0.481 e. The zero-order chi connectivity index (χ0) is 14.5. The number of hydrogen-bond donors (Lipinski definition) is 2. The van der Waals surface area contributed by atoms with Gasteiger partial charge < -0.3 is 10.8 Å². The molecule has 6 nitrogen and oxygen atoms in total. The fourth-order valence-corrected chi connectivity index (χ4v) is 1.80. The van der Waals surface area contributed by atoms with Crippen molar-refractivity contribution in [1.82, 2.24) is 4.98 Å². The van der Waals surface area contributed by atoms with Crippen molar-refractivity contribution >= 4 is 23.5 Å². The van der Waals surface area contributed by atoms with E-state index in [9.17, 15) is 9.59 Å². The first-order valence-corrected chi connectivity index (χ1v) is 5.89. The second-order valence-corrected chi connectivity index (χ2v) is 4.10. The molecule has 0 radical (unpaired) electrons. The number of urea groups is 1. The van der Waals surface area contributed by atoms with Crippen molar-refractivity contribution in [3.8, 4) is 0 Å². The maximum absolute atomic E-state index is 11.6. The van der Waals surface area contributed by atoms with Gasteiger partial charge in [0.25, 0.3) is 0 Å². The van der Waals surface area contributed by atoms with Crippen molar-refractivity contribution in [2.75, 3.05) is 4.90 Å². The van der Waals surface area contributed by atoms with Gasteiger partial charge in [-0.1, -0.05) is 18.2 Å².